The minimum absolute atomic E-state index is 0.0332. The summed E-state index contributed by atoms with van der Waals surface area (Å²) in [5.74, 6) is 1.37. The summed E-state index contributed by atoms with van der Waals surface area (Å²) in [5.41, 5.74) is 2.38. The van der Waals surface area contributed by atoms with Crippen LogP contribution in [-0.4, -0.2) is 23.3 Å². The molecule has 0 radical (unpaired) electrons. The first-order valence-corrected chi connectivity index (χ1v) is 5.01. The third-order valence-corrected chi connectivity index (χ3v) is 2.43. The van der Waals surface area contributed by atoms with Crippen molar-refractivity contribution in [3.63, 3.8) is 0 Å². The minimum atomic E-state index is 0.0332. The summed E-state index contributed by atoms with van der Waals surface area (Å²) in [6.07, 6.45) is 4.47. The number of hydrogen-bond acceptors (Lipinski definition) is 3. The maximum absolute atomic E-state index is 8.62. The molecule has 0 unspecified atom stereocenters. The number of aromatic nitrogens is 1. The van der Waals surface area contributed by atoms with Gasteiger partial charge in [-0.3, -0.25) is 0 Å². The van der Waals surface area contributed by atoms with E-state index >= 15 is 0 Å². The Hall–Kier alpha value is -1.09. The van der Waals surface area contributed by atoms with E-state index in [2.05, 4.69) is 11.1 Å². The van der Waals surface area contributed by atoms with Gasteiger partial charge in [-0.2, -0.15) is 0 Å². The Balaban J connectivity index is 2.09. The molecule has 76 valence electrons. The Kier molecular flexibility index (Phi) is 2.68. The molecule has 0 bridgehead atoms. The maximum atomic E-state index is 8.62. The zero-order valence-corrected chi connectivity index (χ0v) is 8.36. The largest absolute Gasteiger partial charge is 0.475 e. The second-order valence-electron chi connectivity index (χ2n) is 3.74. The molecule has 3 heteroatoms. The van der Waals surface area contributed by atoms with Crippen molar-refractivity contribution in [1.29, 1.82) is 0 Å². The second kappa shape index (κ2) is 3.96. The molecule has 1 saturated carbocycles. The standard InChI is InChI=1S/C11H15NO2/c1-8-6-10(9-2-3-9)7-12-11(8)14-5-4-13/h6-7,9,13H,2-5H2,1H3. The highest BCUT2D eigenvalue weighted by molar-refractivity contribution is 5.32. The van der Waals surface area contributed by atoms with Crippen LogP contribution in [0.25, 0.3) is 0 Å². The highest BCUT2D eigenvalue weighted by Gasteiger charge is 2.24. The van der Waals surface area contributed by atoms with Crippen molar-refractivity contribution in [1.82, 2.24) is 4.98 Å². The van der Waals surface area contributed by atoms with Crippen LogP contribution in [-0.2, 0) is 0 Å². The molecular weight excluding hydrogens is 178 g/mol. The Bertz CT molecular complexity index is 321. The molecular formula is C11H15NO2. The summed E-state index contributed by atoms with van der Waals surface area (Å²) in [7, 11) is 0. The van der Waals surface area contributed by atoms with Gasteiger partial charge < -0.3 is 9.84 Å². The highest BCUT2D eigenvalue weighted by Crippen LogP contribution is 2.40. The van der Waals surface area contributed by atoms with E-state index in [1.807, 2.05) is 13.1 Å². The molecule has 0 atom stereocenters. The van der Waals surface area contributed by atoms with Gasteiger partial charge in [0.05, 0.1) is 6.61 Å². The summed E-state index contributed by atoms with van der Waals surface area (Å²) in [6.45, 7) is 2.34. The first kappa shape index (κ1) is 9.46. The quantitative estimate of drug-likeness (QED) is 0.790. The average molecular weight is 193 g/mol. The van der Waals surface area contributed by atoms with Crippen molar-refractivity contribution in [3.8, 4) is 5.88 Å². The SMILES string of the molecule is Cc1cc(C2CC2)cnc1OCCO. The van der Waals surface area contributed by atoms with Gasteiger partial charge in [-0.25, -0.2) is 4.98 Å². The number of ether oxygens (including phenoxy) is 1. The van der Waals surface area contributed by atoms with E-state index in [1.165, 1.54) is 18.4 Å². The van der Waals surface area contributed by atoms with E-state index in [0.29, 0.717) is 12.5 Å². The van der Waals surface area contributed by atoms with E-state index in [9.17, 15) is 0 Å². The van der Waals surface area contributed by atoms with Crippen molar-refractivity contribution in [2.45, 2.75) is 25.7 Å². The predicted octanol–water partition coefficient (Wildman–Crippen LogP) is 1.64. The van der Waals surface area contributed by atoms with Crippen LogP contribution in [0.15, 0.2) is 12.3 Å². The summed E-state index contributed by atoms with van der Waals surface area (Å²) in [4.78, 5) is 4.24. The van der Waals surface area contributed by atoms with Crippen LogP contribution >= 0.6 is 0 Å². The van der Waals surface area contributed by atoms with Crippen LogP contribution in [0.4, 0.5) is 0 Å². The number of nitrogens with zero attached hydrogens (tertiary/aromatic N) is 1. The average Bonchev–Trinajstić information content (AvgIpc) is 2.99. The number of pyridine rings is 1. The van der Waals surface area contributed by atoms with Gasteiger partial charge in [0.2, 0.25) is 5.88 Å². The van der Waals surface area contributed by atoms with Gasteiger partial charge in [0.25, 0.3) is 0 Å². The Labute approximate surface area is 83.7 Å². The van der Waals surface area contributed by atoms with Crippen LogP contribution < -0.4 is 4.74 Å². The molecule has 3 nitrogen and oxygen atoms in total. The second-order valence-corrected chi connectivity index (χ2v) is 3.74. The lowest BCUT2D eigenvalue weighted by molar-refractivity contribution is 0.196. The van der Waals surface area contributed by atoms with Crippen molar-refractivity contribution >= 4 is 0 Å². The van der Waals surface area contributed by atoms with Crippen molar-refractivity contribution in [3.05, 3.63) is 23.4 Å². The highest BCUT2D eigenvalue weighted by atomic mass is 16.5. The Morgan fingerprint density at radius 3 is 2.93 bits per heavy atom. The van der Waals surface area contributed by atoms with Crippen LogP contribution in [0.1, 0.15) is 29.9 Å². The maximum Gasteiger partial charge on any atom is 0.216 e. The van der Waals surface area contributed by atoms with Gasteiger partial charge in [-0.05, 0) is 37.3 Å². The molecule has 1 aliphatic rings. The summed E-state index contributed by atoms with van der Waals surface area (Å²) in [6, 6.07) is 2.14. The zero-order valence-electron chi connectivity index (χ0n) is 8.36. The summed E-state index contributed by atoms with van der Waals surface area (Å²) >= 11 is 0. The van der Waals surface area contributed by atoms with Gasteiger partial charge >= 0.3 is 0 Å². The number of hydrogen-bond donors (Lipinski definition) is 1. The number of aryl methyl sites for hydroxylation is 1. The third-order valence-electron chi connectivity index (χ3n) is 2.43. The molecule has 14 heavy (non-hydrogen) atoms. The van der Waals surface area contributed by atoms with Crippen molar-refractivity contribution < 1.29 is 9.84 Å². The molecule has 1 heterocycles. The molecule has 0 amide bonds. The lowest BCUT2D eigenvalue weighted by Crippen LogP contribution is -2.04. The molecule has 1 aliphatic carbocycles. The summed E-state index contributed by atoms with van der Waals surface area (Å²) < 4.78 is 5.28. The molecule has 0 aliphatic heterocycles. The fourth-order valence-electron chi connectivity index (χ4n) is 1.52. The van der Waals surface area contributed by atoms with Crippen molar-refractivity contribution in [2.24, 2.45) is 0 Å². The molecule has 1 aromatic rings. The lowest BCUT2D eigenvalue weighted by Gasteiger charge is -2.07. The normalized spacial score (nSPS) is 15.6. The third kappa shape index (κ3) is 2.04. The first-order valence-electron chi connectivity index (χ1n) is 5.01. The minimum Gasteiger partial charge on any atom is -0.475 e. The number of aliphatic hydroxyl groups excluding tert-OH is 1. The van der Waals surface area contributed by atoms with Gasteiger partial charge in [0.1, 0.15) is 6.61 Å². The van der Waals surface area contributed by atoms with Crippen LogP contribution in [0.3, 0.4) is 0 Å². The fourth-order valence-corrected chi connectivity index (χ4v) is 1.52. The lowest BCUT2D eigenvalue weighted by atomic mass is 10.1. The van der Waals surface area contributed by atoms with Crippen LogP contribution in [0.5, 0.6) is 5.88 Å². The first-order chi connectivity index (χ1) is 6.81. The zero-order chi connectivity index (χ0) is 9.97. The van der Waals surface area contributed by atoms with E-state index in [0.717, 1.165) is 11.5 Å². The molecule has 1 fully saturated rings. The summed E-state index contributed by atoms with van der Waals surface area (Å²) in [5, 5.41) is 8.62. The van der Waals surface area contributed by atoms with E-state index < -0.39 is 0 Å². The number of rotatable bonds is 4. The Morgan fingerprint density at radius 2 is 2.36 bits per heavy atom. The van der Waals surface area contributed by atoms with Gasteiger partial charge in [-0.15, -0.1) is 0 Å². The van der Waals surface area contributed by atoms with Gasteiger partial charge in [0.15, 0.2) is 0 Å². The molecule has 0 saturated heterocycles. The topological polar surface area (TPSA) is 42.4 Å². The smallest absolute Gasteiger partial charge is 0.216 e. The molecule has 1 N–H and O–H groups in total. The van der Waals surface area contributed by atoms with E-state index in [-0.39, 0.29) is 6.61 Å². The van der Waals surface area contributed by atoms with Crippen LogP contribution in [0, 0.1) is 6.92 Å². The predicted molar refractivity (Wildman–Crippen MR) is 53.5 cm³/mol. The van der Waals surface area contributed by atoms with Crippen LogP contribution in [0.2, 0.25) is 0 Å². The number of aliphatic hydroxyl groups is 1. The van der Waals surface area contributed by atoms with Crippen molar-refractivity contribution in [2.75, 3.05) is 13.2 Å². The molecule has 0 aromatic carbocycles. The molecule has 2 rings (SSSR count). The van der Waals surface area contributed by atoms with Gasteiger partial charge in [0, 0.05) is 11.8 Å². The monoisotopic (exact) mass is 193 g/mol. The van der Waals surface area contributed by atoms with E-state index in [4.69, 9.17) is 9.84 Å². The van der Waals surface area contributed by atoms with Gasteiger partial charge in [-0.1, -0.05) is 0 Å². The van der Waals surface area contributed by atoms with E-state index in [1.54, 1.807) is 0 Å². The molecule has 1 aromatic heterocycles. The Morgan fingerprint density at radius 1 is 1.57 bits per heavy atom. The fraction of sp³-hybridized carbons (Fsp3) is 0.545. The molecule has 0 spiro atoms.